The van der Waals surface area contributed by atoms with Crippen LogP contribution in [0, 0.1) is 5.82 Å². The quantitative estimate of drug-likeness (QED) is 0.682. The molecule has 0 amide bonds. The average Bonchev–Trinajstić information content (AvgIpc) is 2.68. The molecule has 0 bridgehead atoms. The van der Waals surface area contributed by atoms with Crippen LogP contribution in [0.4, 0.5) is 4.39 Å². The lowest BCUT2D eigenvalue weighted by molar-refractivity contribution is -0.146. The van der Waals surface area contributed by atoms with E-state index in [0.717, 1.165) is 22.3 Å². The van der Waals surface area contributed by atoms with Crippen LogP contribution in [0.2, 0.25) is 0 Å². The van der Waals surface area contributed by atoms with Crippen LogP contribution in [0.15, 0.2) is 78.9 Å². The fourth-order valence-electron chi connectivity index (χ4n) is 2.65. The number of hydrogen-bond acceptors (Lipinski definition) is 3. The number of carbonyl (C=O) groups is 1. The Bertz CT molecular complexity index is 846. The van der Waals surface area contributed by atoms with Crippen molar-refractivity contribution in [2.45, 2.75) is 19.1 Å². The molecule has 0 aliphatic heterocycles. The van der Waals surface area contributed by atoms with Crippen LogP contribution < -0.4 is 5.73 Å². The van der Waals surface area contributed by atoms with Crippen LogP contribution in [-0.2, 0) is 22.6 Å². The summed E-state index contributed by atoms with van der Waals surface area (Å²) in [5.74, 6) is -0.679. The maximum absolute atomic E-state index is 13.0. The molecule has 132 valence electrons. The molecule has 3 aromatic carbocycles. The van der Waals surface area contributed by atoms with Gasteiger partial charge >= 0.3 is 5.97 Å². The van der Waals surface area contributed by atoms with Crippen molar-refractivity contribution in [3.8, 4) is 11.1 Å². The third kappa shape index (κ3) is 4.77. The van der Waals surface area contributed by atoms with Crippen LogP contribution in [0.3, 0.4) is 0 Å². The number of hydrogen-bond donors (Lipinski definition) is 1. The fraction of sp³-hybridized carbons (Fsp3) is 0.136. The number of ether oxygens (including phenoxy) is 1. The molecule has 0 saturated heterocycles. The molecule has 4 heteroatoms. The van der Waals surface area contributed by atoms with Gasteiger partial charge < -0.3 is 10.5 Å². The molecule has 1 atom stereocenters. The molecular weight excluding hydrogens is 329 g/mol. The van der Waals surface area contributed by atoms with E-state index >= 15 is 0 Å². The summed E-state index contributed by atoms with van der Waals surface area (Å²) in [6.45, 7) is 0.219. The summed E-state index contributed by atoms with van der Waals surface area (Å²) in [7, 11) is 0. The van der Waals surface area contributed by atoms with Gasteiger partial charge in [0.2, 0.25) is 0 Å². The first-order valence-corrected chi connectivity index (χ1v) is 8.43. The van der Waals surface area contributed by atoms with E-state index in [1.165, 1.54) is 12.1 Å². The largest absolute Gasteiger partial charge is 0.460 e. The molecule has 0 aliphatic rings. The van der Waals surface area contributed by atoms with Crippen molar-refractivity contribution in [1.29, 1.82) is 0 Å². The van der Waals surface area contributed by atoms with Crippen molar-refractivity contribution in [3.05, 3.63) is 95.8 Å². The Morgan fingerprint density at radius 2 is 1.42 bits per heavy atom. The normalized spacial score (nSPS) is 11.8. The number of esters is 1. The number of carbonyl (C=O) groups excluding carboxylic acids is 1. The lowest BCUT2D eigenvalue weighted by Gasteiger charge is -2.12. The van der Waals surface area contributed by atoms with Crippen molar-refractivity contribution in [1.82, 2.24) is 0 Å². The van der Waals surface area contributed by atoms with Gasteiger partial charge in [0.25, 0.3) is 0 Å². The van der Waals surface area contributed by atoms with Gasteiger partial charge in [0.1, 0.15) is 18.5 Å². The van der Waals surface area contributed by atoms with Gasteiger partial charge in [0.05, 0.1) is 0 Å². The Kier molecular flexibility index (Phi) is 5.77. The summed E-state index contributed by atoms with van der Waals surface area (Å²) in [6.07, 6.45) is 0.400. The summed E-state index contributed by atoms with van der Waals surface area (Å²) in [4.78, 5) is 12.1. The average molecular weight is 349 g/mol. The maximum atomic E-state index is 13.0. The standard InChI is InChI=1S/C22H20FNO2/c23-20-12-10-19(11-13-20)18-8-6-16(7-9-18)14-21(24)22(25)26-15-17-4-2-1-3-5-17/h1-13,21H,14-15,24H2/t21-/m0/s1. The van der Waals surface area contributed by atoms with E-state index in [1.807, 2.05) is 54.6 Å². The van der Waals surface area contributed by atoms with E-state index in [9.17, 15) is 9.18 Å². The predicted octanol–water partition coefficient (Wildman–Crippen LogP) is 4.11. The van der Waals surface area contributed by atoms with Crippen molar-refractivity contribution < 1.29 is 13.9 Å². The van der Waals surface area contributed by atoms with Gasteiger partial charge in [0, 0.05) is 0 Å². The molecule has 3 aromatic rings. The SMILES string of the molecule is N[C@@H](Cc1ccc(-c2ccc(F)cc2)cc1)C(=O)OCc1ccccc1. The first-order chi connectivity index (χ1) is 12.6. The number of rotatable bonds is 6. The van der Waals surface area contributed by atoms with E-state index in [2.05, 4.69) is 0 Å². The Morgan fingerprint density at radius 3 is 2.04 bits per heavy atom. The lowest BCUT2D eigenvalue weighted by Crippen LogP contribution is -2.34. The molecule has 2 N–H and O–H groups in total. The maximum Gasteiger partial charge on any atom is 0.323 e. The highest BCUT2D eigenvalue weighted by molar-refractivity contribution is 5.76. The summed E-state index contributed by atoms with van der Waals surface area (Å²) in [5.41, 5.74) is 9.75. The molecule has 0 saturated carbocycles. The first kappa shape index (κ1) is 17.8. The monoisotopic (exact) mass is 349 g/mol. The minimum atomic E-state index is -0.713. The molecule has 0 unspecified atom stereocenters. The Morgan fingerprint density at radius 1 is 0.846 bits per heavy atom. The fourth-order valence-corrected chi connectivity index (χ4v) is 2.65. The zero-order valence-corrected chi connectivity index (χ0v) is 14.3. The van der Waals surface area contributed by atoms with Crippen LogP contribution in [-0.4, -0.2) is 12.0 Å². The second kappa shape index (κ2) is 8.41. The van der Waals surface area contributed by atoms with Crippen LogP contribution in [0.1, 0.15) is 11.1 Å². The predicted molar refractivity (Wildman–Crippen MR) is 99.8 cm³/mol. The van der Waals surface area contributed by atoms with E-state index in [0.29, 0.717) is 6.42 Å². The summed E-state index contributed by atoms with van der Waals surface area (Å²) < 4.78 is 18.3. The van der Waals surface area contributed by atoms with Gasteiger partial charge in [-0.15, -0.1) is 0 Å². The Labute approximate surface area is 152 Å². The van der Waals surface area contributed by atoms with Gasteiger partial charge in [-0.1, -0.05) is 66.7 Å². The zero-order chi connectivity index (χ0) is 18.4. The molecule has 0 fully saturated rings. The van der Waals surface area contributed by atoms with Crippen LogP contribution >= 0.6 is 0 Å². The van der Waals surface area contributed by atoms with Gasteiger partial charge in [-0.25, -0.2) is 4.39 Å². The molecule has 26 heavy (non-hydrogen) atoms. The lowest BCUT2D eigenvalue weighted by atomic mass is 10.0. The molecule has 0 aromatic heterocycles. The molecular formula is C22H20FNO2. The van der Waals surface area contributed by atoms with Crippen molar-refractivity contribution in [2.24, 2.45) is 5.73 Å². The second-order valence-corrected chi connectivity index (χ2v) is 6.11. The number of benzene rings is 3. The molecule has 0 radical (unpaired) electrons. The van der Waals surface area contributed by atoms with Crippen LogP contribution in [0.5, 0.6) is 0 Å². The van der Waals surface area contributed by atoms with Crippen molar-refractivity contribution in [2.75, 3.05) is 0 Å². The van der Waals surface area contributed by atoms with E-state index in [4.69, 9.17) is 10.5 Å². The molecule has 0 aliphatic carbocycles. The number of halogens is 1. The second-order valence-electron chi connectivity index (χ2n) is 6.11. The number of nitrogens with two attached hydrogens (primary N) is 1. The third-order valence-electron chi connectivity index (χ3n) is 4.11. The topological polar surface area (TPSA) is 52.3 Å². The van der Waals surface area contributed by atoms with E-state index in [-0.39, 0.29) is 12.4 Å². The Balaban J connectivity index is 1.56. The van der Waals surface area contributed by atoms with Crippen molar-refractivity contribution in [3.63, 3.8) is 0 Å². The van der Waals surface area contributed by atoms with Crippen molar-refractivity contribution >= 4 is 5.97 Å². The van der Waals surface area contributed by atoms with Gasteiger partial charge in [-0.2, -0.15) is 0 Å². The molecule has 0 spiro atoms. The Hall–Kier alpha value is -2.98. The molecule has 0 heterocycles. The summed E-state index contributed by atoms with van der Waals surface area (Å²) in [6, 6.07) is 22.8. The van der Waals surface area contributed by atoms with Gasteiger partial charge in [0.15, 0.2) is 0 Å². The highest BCUT2D eigenvalue weighted by Crippen LogP contribution is 2.20. The zero-order valence-electron chi connectivity index (χ0n) is 14.3. The van der Waals surface area contributed by atoms with E-state index in [1.54, 1.807) is 12.1 Å². The van der Waals surface area contributed by atoms with E-state index < -0.39 is 12.0 Å². The van der Waals surface area contributed by atoms with Crippen LogP contribution in [0.25, 0.3) is 11.1 Å². The minimum Gasteiger partial charge on any atom is -0.460 e. The van der Waals surface area contributed by atoms with Gasteiger partial charge in [-0.3, -0.25) is 4.79 Å². The minimum absolute atomic E-state index is 0.219. The smallest absolute Gasteiger partial charge is 0.323 e. The molecule has 3 nitrogen and oxygen atoms in total. The summed E-state index contributed by atoms with van der Waals surface area (Å²) in [5, 5.41) is 0. The van der Waals surface area contributed by atoms with Gasteiger partial charge in [-0.05, 0) is 40.8 Å². The summed E-state index contributed by atoms with van der Waals surface area (Å²) >= 11 is 0. The highest BCUT2D eigenvalue weighted by Gasteiger charge is 2.16. The molecule has 3 rings (SSSR count). The first-order valence-electron chi connectivity index (χ1n) is 8.43. The third-order valence-corrected chi connectivity index (χ3v) is 4.11. The highest BCUT2D eigenvalue weighted by atomic mass is 19.1.